The second-order valence-corrected chi connectivity index (χ2v) is 10.8. The fourth-order valence-electron chi connectivity index (χ4n) is 3.90. The SMILES string of the molecule is COC(=O)c1c(NC(=O)c2cccc(OCC(C)C)c2)sc2c1CCC(C(C)(C)C)C2. The molecule has 1 aromatic carbocycles. The molecule has 6 heteroatoms. The van der Waals surface area contributed by atoms with E-state index in [0.29, 0.717) is 40.3 Å². The van der Waals surface area contributed by atoms with Gasteiger partial charge in [-0.25, -0.2) is 4.79 Å². The summed E-state index contributed by atoms with van der Waals surface area (Å²) in [6.45, 7) is 11.5. The Morgan fingerprint density at radius 2 is 2.00 bits per heavy atom. The van der Waals surface area contributed by atoms with E-state index < -0.39 is 5.97 Å². The molecule has 0 aliphatic heterocycles. The molecule has 0 radical (unpaired) electrons. The highest BCUT2D eigenvalue weighted by Crippen LogP contribution is 2.44. The average Bonchev–Trinajstić information content (AvgIpc) is 3.08. The molecular weight excluding hydrogens is 410 g/mol. The molecule has 1 unspecified atom stereocenters. The van der Waals surface area contributed by atoms with Gasteiger partial charge >= 0.3 is 5.97 Å². The zero-order chi connectivity index (χ0) is 22.8. The molecule has 0 saturated heterocycles. The van der Waals surface area contributed by atoms with Gasteiger partial charge in [0.2, 0.25) is 0 Å². The fraction of sp³-hybridized carbons (Fsp3) is 0.520. The maximum atomic E-state index is 13.0. The molecular formula is C25H33NO4S. The van der Waals surface area contributed by atoms with Gasteiger partial charge in [-0.05, 0) is 60.3 Å². The van der Waals surface area contributed by atoms with Crippen LogP contribution < -0.4 is 10.1 Å². The summed E-state index contributed by atoms with van der Waals surface area (Å²) in [4.78, 5) is 26.7. The molecule has 1 atom stereocenters. The third-order valence-corrected chi connectivity index (χ3v) is 6.96. The van der Waals surface area contributed by atoms with Gasteiger partial charge in [-0.15, -0.1) is 11.3 Å². The Labute approximate surface area is 189 Å². The van der Waals surface area contributed by atoms with E-state index in [1.165, 1.54) is 23.3 Å². The third-order valence-electron chi connectivity index (χ3n) is 5.79. The zero-order valence-electron chi connectivity index (χ0n) is 19.3. The minimum absolute atomic E-state index is 0.201. The van der Waals surface area contributed by atoms with Crippen LogP contribution in [0, 0.1) is 17.3 Å². The van der Waals surface area contributed by atoms with E-state index in [1.54, 1.807) is 18.2 Å². The summed E-state index contributed by atoms with van der Waals surface area (Å²) in [5.74, 6) is 0.951. The van der Waals surface area contributed by atoms with Crippen LogP contribution in [0.3, 0.4) is 0 Å². The summed E-state index contributed by atoms with van der Waals surface area (Å²) in [5.41, 5.74) is 2.24. The van der Waals surface area contributed by atoms with Gasteiger partial charge in [-0.3, -0.25) is 4.79 Å². The molecule has 1 N–H and O–H groups in total. The van der Waals surface area contributed by atoms with Crippen LogP contribution in [0.4, 0.5) is 5.00 Å². The van der Waals surface area contributed by atoms with Crippen LogP contribution in [-0.4, -0.2) is 25.6 Å². The van der Waals surface area contributed by atoms with Crippen molar-refractivity contribution in [3.05, 3.63) is 45.8 Å². The number of rotatable bonds is 6. The standard InChI is InChI=1S/C25H33NO4S/c1-15(2)14-30-18-9-7-8-16(12-18)22(27)26-23-21(24(28)29-6)19-11-10-17(25(3,4)5)13-20(19)31-23/h7-9,12,15,17H,10-11,13-14H2,1-6H3,(H,26,27). The van der Waals surface area contributed by atoms with Crippen molar-refractivity contribution in [3.8, 4) is 5.75 Å². The Morgan fingerprint density at radius 1 is 1.26 bits per heavy atom. The number of esters is 1. The molecule has 1 aliphatic carbocycles. The van der Waals surface area contributed by atoms with Crippen LogP contribution in [-0.2, 0) is 17.6 Å². The molecule has 2 aromatic rings. The normalized spacial score (nSPS) is 16.0. The van der Waals surface area contributed by atoms with Crippen molar-refractivity contribution >= 4 is 28.2 Å². The number of hydrogen-bond acceptors (Lipinski definition) is 5. The number of ether oxygens (including phenoxy) is 2. The predicted octanol–water partition coefficient (Wildman–Crippen LogP) is 5.97. The first kappa shape index (κ1) is 23.3. The minimum atomic E-state index is -0.393. The molecule has 1 heterocycles. The Hall–Kier alpha value is -2.34. The Kier molecular flexibility index (Phi) is 7.10. The van der Waals surface area contributed by atoms with Crippen LogP contribution in [0.15, 0.2) is 24.3 Å². The van der Waals surface area contributed by atoms with Gasteiger partial charge in [0.05, 0.1) is 19.3 Å². The summed E-state index contributed by atoms with van der Waals surface area (Å²) >= 11 is 1.50. The third kappa shape index (κ3) is 5.48. The molecule has 1 aliphatic rings. The fourth-order valence-corrected chi connectivity index (χ4v) is 5.21. The molecule has 3 rings (SSSR count). The van der Waals surface area contributed by atoms with E-state index >= 15 is 0 Å². The monoisotopic (exact) mass is 443 g/mol. The summed E-state index contributed by atoms with van der Waals surface area (Å²) in [6.07, 6.45) is 2.77. The first-order valence-corrected chi connectivity index (χ1v) is 11.7. The Bertz CT molecular complexity index is 955. The number of fused-ring (bicyclic) bond motifs is 1. The highest BCUT2D eigenvalue weighted by molar-refractivity contribution is 7.17. The van der Waals surface area contributed by atoms with E-state index in [4.69, 9.17) is 9.47 Å². The molecule has 1 aromatic heterocycles. The van der Waals surface area contributed by atoms with Gasteiger partial charge in [0.15, 0.2) is 0 Å². The lowest BCUT2D eigenvalue weighted by atomic mass is 9.72. The Balaban J connectivity index is 1.86. The van der Waals surface area contributed by atoms with E-state index in [-0.39, 0.29) is 11.3 Å². The quantitative estimate of drug-likeness (QED) is 0.558. The predicted molar refractivity (Wildman–Crippen MR) is 125 cm³/mol. The zero-order valence-corrected chi connectivity index (χ0v) is 20.2. The van der Waals surface area contributed by atoms with E-state index in [9.17, 15) is 9.59 Å². The molecule has 0 spiro atoms. The maximum absolute atomic E-state index is 13.0. The van der Waals surface area contributed by atoms with Gasteiger partial charge in [0.25, 0.3) is 5.91 Å². The number of methoxy groups -OCH3 is 1. The van der Waals surface area contributed by atoms with Gasteiger partial charge in [-0.2, -0.15) is 0 Å². The van der Waals surface area contributed by atoms with E-state index in [1.807, 2.05) is 6.07 Å². The van der Waals surface area contributed by atoms with Crippen LogP contribution in [0.2, 0.25) is 0 Å². The highest BCUT2D eigenvalue weighted by Gasteiger charge is 2.34. The van der Waals surface area contributed by atoms with Crippen molar-refractivity contribution in [2.24, 2.45) is 17.3 Å². The van der Waals surface area contributed by atoms with Crippen molar-refractivity contribution in [2.45, 2.75) is 53.9 Å². The van der Waals surface area contributed by atoms with Gasteiger partial charge < -0.3 is 14.8 Å². The lowest BCUT2D eigenvalue weighted by Gasteiger charge is -2.33. The number of hydrogen-bond donors (Lipinski definition) is 1. The maximum Gasteiger partial charge on any atom is 0.341 e. The van der Waals surface area contributed by atoms with Gasteiger partial charge in [0.1, 0.15) is 10.8 Å². The molecule has 1 amide bonds. The first-order valence-electron chi connectivity index (χ1n) is 10.9. The van der Waals surface area contributed by atoms with E-state index in [0.717, 1.165) is 24.8 Å². The van der Waals surface area contributed by atoms with Crippen molar-refractivity contribution in [1.29, 1.82) is 0 Å². The van der Waals surface area contributed by atoms with Crippen LogP contribution >= 0.6 is 11.3 Å². The molecule has 168 valence electrons. The van der Waals surface area contributed by atoms with Crippen molar-refractivity contribution < 1.29 is 19.1 Å². The Morgan fingerprint density at radius 3 is 2.65 bits per heavy atom. The largest absolute Gasteiger partial charge is 0.493 e. The lowest BCUT2D eigenvalue weighted by Crippen LogP contribution is -2.26. The molecule has 5 nitrogen and oxygen atoms in total. The molecule has 0 fully saturated rings. The van der Waals surface area contributed by atoms with Crippen LogP contribution in [0.1, 0.15) is 72.2 Å². The second-order valence-electron chi connectivity index (χ2n) is 9.69. The number of benzene rings is 1. The van der Waals surface area contributed by atoms with Crippen molar-refractivity contribution in [3.63, 3.8) is 0 Å². The molecule has 31 heavy (non-hydrogen) atoms. The second kappa shape index (κ2) is 9.43. The average molecular weight is 444 g/mol. The molecule has 0 saturated carbocycles. The van der Waals surface area contributed by atoms with Gasteiger partial charge in [0, 0.05) is 10.4 Å². The van der Waals surface area contributed by atoms with Gasteiger partial charge in [-0.1, -0.05) is 40.7 Å². The highest BCUT2D eigenvalue weighted by atomic mass is 32.1. The number of carbonyl (C=O) groups excluding carboxylic acids is 2. The van der Waals surface area contributed by atoms with Crippen LogP contribution in [0.25, 0.3) is 0 Å². The minimum Gasteiger partial charge on any atom is -0.493 e. The van der Waals surface area contributed by atoms with Crippen LogP contribution in [0.5, 0.6) is 5.75 Å². The summed E-state index contributed by atoms with van der Waals surface area (Å²) < 4.78 is 10.8. The number of carbonyl (C=O) groups is 2. The number of amides is 1. The molecule has 0 bridgehead atoms. The smallest absolute Gasteiger partial charge is 0.341 e. The number of thiophene rings is 1. The van der Waals surface area contributed by atoms with Crippen molar-refractivity contribution in [1.82, 2.24) is 0 Å². The lowest BCUT2D eigenvalue weighted by molar-refractivity contribution is 0.0600. The number of anilines is 1. The summed E-state index contributed by atoms with van der Waals surface area (Å²) in [5, 5.41) is 3.54. The topological polar surface area (TPSA) is 64.6 Å². The first-order chi connectivity index (χ1) is 14.6. The number of nitrogens with one attached hydrogen (secondary N) is 1. The summed E-state index contributed by atoms with van der Waals surface area (Å²) in [6, 6.07) is 7.13. The van der Waals surface area contributed by atoms with E-state index in [2.05, 4.69) is 39.9 Å². The summed E-state index contributed by atoms with van der Waals surface area (Å²) in [7, 11) is 1.38. The van der Waals surface area contributed by atoms with Crippen molar-refractivity contribution in [2.75, 3.05) is 19.0 Å².